The lowest BCUT2D eigenvalue weighted by atomic mass is 9.82. The zero-order chi connectivity index (χ0) is 12.5. The molecule has 3 rings (SSSR count). The topological polar surface area (TPSA) is 12.0 Å². The van der Waals surface area contributed by atoms with Crippen LogP contribution in [0.5, 0.6) is 0 Å². The Labute approximate surface area is 116 Å². The molecule has 0 aromatic heterocycles. The van der Waals surface area contributed by atoms with Gasteiger partial charge >= 0.3 is 0 Å². The van der Waals surface area contributed by atoms with Crippen molar-refractivity contribution in [2.45, 2.75) is 44.6 Å². The molecule has 98 valence electrons. The van der Waals surface area contributed by atoms with Gasteiger partial charge in [0.05, 0.1) is 5.69 Å². The third kappa shape index (κ3) is 2.87. The van der Waals surface area contributed by atoms with Crippen LogP contribution in [0.15, 0.2) is 22.7 Å². The molecular formula is C15H19BrFN. The average molecular weight is 312 g/mol. The molecule has 1 aromatic rings. The quantitative estimate of drug-likeness (QED) is 0.831. The van der Waals surface area contributed by atoms with E-state index in [0.29, 0.717) is 11.7 Å². The van der Waals surface area contributed by atoms with Crippen LogP contribution in [0.4, 0.5) is 10.1 Å². The lowest BCUT2D eigenvalue weighted by Crippen LogP contribution is -2.28. The first-order valence-electron chi connectivity index (χ1n) is 6.94. The summed E-state index contributed by atoms with van der Waals surface area (Å²) in [4.78, 5) is 0. The molecule has 3 heteroatoms. The minimum absolute atomic E-state index is 0.147. The standard InChI is InChI=1S/C15H19BrFN/c16-12-6-7-14(17)15(9-12)18-13-3-1-2-11(8-13)10-4-5-10/h6-7,9-11,13,18H,1-5,8H2. The molecule has 0 saturated heterocycles. The van der Waals surface area contributed by atoms with Crippen molar-refractivity contribution in [2.75, 3.05) is 5.32 Å². The molecule has 18 heavy (non-hydrogen) atoms. The molecule has 2 atom stereocenters. The normalized spacial score (nSPS) is 28.1. The fourth-order valence-electron chi connectivity index (χ4n) is 3.18. The summed E-state index contributed by atoms with van der Waals surface area (Å²) in [5.41, 5.74) is 0.644. The van der Waals surface area contributed by atoms with Gasteiger partial charge in [-0.2, -0.15) is 0 Å². The van der Waals surface area contributed by atoms with Gasteiger partial charge in [-0.25, -0.2) is 4.39 Å². The number of hydrogen-bond donors (Lipinski definition) is 1. The monoisotopic (exact) mass is 311 g/mol. The van der Waals surface area contributed by atoms with Crippen molar-refractivity contribution in [3.8, 4) is 0 Å². The van der Waals surface area contributed by atoms with Gasteiger partial charge in [-0.05, 0) is 55.7 Å². The SMILES string of the molecule is Fc1ccc(Br)cc1NC1CCCC(C2CC2)C1. The first kappa shape index (κ1) is 12.5. The second-order valence-corrected chi connectivity index (χ2v) is 6.65. The van der Waals surface area contributed by atoms with E-state index in [1.807, 2.05) is 6.07 Å². The summed E-state index contributed by atoms with van der Waals surface area (Å²) in [6.45, 7) is 0. The van der Waals surface area contributed by atoms with E-state index in [0.717, 1.165) is 16.3 Å². The minimum Gasteiger partial charge on any atom is -0.380 e. The first-order chi connectivity index (χ1) is 8.72. The van der Waals surface area contributed by atoms with Crippen LogP contribution in [0, 0.1) is 17.7 Å². The molecule has 1 nitrogen and oxygen atoms in total. The van der Waals surface area contributed by atoms with E-state index in [-0.39, 0.29) is 5.82 Å². The third-order valence-corrected chi connectivity index (χ3v) is 4.78. The highest BCUT2D eigenvalue weighted by Gasteiger charge is 2.34. The predicted molar refractivity (Wildman–Crippen MR) is 76.2 cm³/mol. The molecule has 2 aliphatic rings. The lowest BCUT2D eigenvalue weighted by molar-refractivity contribution is 0.302. The molecule has 0 radical (unpaired) electrons. The van der Waals surface area contributed by atoms with Crippen LogP contribution in [-0.2, 0) is 0 Å². The zero-order valence-electron chi connectivity index (χ0n) is 10.5. The first-order valence-corrected chi connectivity index (χ1v) is 7.73. The van der Waals surface area contributed by atoms with Crippen molar-refractivity contribution in [3.05, 3.63) is 28.5 Å². The van der Waals surface area contributed by atoms with Crippen LogP contribution in [-0.4, -0.2) is 6.04 Å². The van der Waals surface area contributed by atoms with E-state index < -0.39 is 0 Å². The van der Waals surface area contributed by atoms with Crippen molar-refractivity contribution in [1.82, 2.24) is 0 Å². The molecule has 0 aliphatic heterocycles. The third-order valence-electron chi connectivity index (χ3n) is 4.29. The van der Waals surface area contributed by atoms with Gasteiger partial charge in [0.1, 0.15) is 5.82 Å². The highest BCUT2D eigenvalue weighted by molar-refractivity contribution is 9.10. The number of rotatable bonds is 3. The van der Waals surface area contributed by atoms with Gasteiger partial charge in [0.15, 0.2) is 0 Å². The van der Waals surface area contributed by atoms with E-state index in [9.17, 15) is 4.39 Å². The molecule has 2 unspecified atom stereocenters. The van der Waals surface area contributed by atoms with Gasteiger partial charge in [-0.1, -0.05) is 28.8 Å². The van der Waals surface area contributed by atoms with Crippen molar-refractivity contribution < 1.29 is 4.39 Å². The summed E-state index contributed by atoms with van der Waals surface area (Å²) in [5.74, 6) is 1.71. The van der Waals surface area contributed by atoms with Crippen molar-refractivity contribution in [3.63, 3.8) is 0 Å². The Morgan fingerprint density at radius 2 is 1.94 bits per heavy atom. The molecule has 2 aliphatic carbocycles. The summed E-state index contributed by atoms with van der Waals surface area (Å²) < 4.78 is 14.6. The summed E-state index contributed by atoms with van der Waals surface area (Å²) >= 11 is 3.40. The van der Waals surface area contributed by atoms with Crippen LogP contribution < -0.4 is 5.32 Å². The number of halogens is 2. The van der Waals surface area contributed by atoms with Crippen molar-refractivity contribution in [2.24, 2.45) is 11.8 Å². The van der Waals surface area contributed by atoms with Crippen molar-refractivity contribution >= 4 is 21.6 Å². The summed E-state index contributed by atoms with van der Waals surface area (Å²) in [7, 11) is 0. The smallest absolute Gasteiger partial charge is 0.146 e. The Balaban J connectivity index is 1.65. The maximum Gasteiger partial charge on any atom is 0.146 e. The second-order valence-electron chi connectivity index (χ2n) is 5.73. The number of nitrogens with one attached hydrogen (secondary N) is 1. The Morgan fingerprint density at radius 3 is 2.72 bits per heavy atom. The van der Waals surface area contributed by atoms with Gasteiger partial charge in [-0.3, -0.25) is 0 Å². The van der Waals surface area contributed by atoms with Gasteiger partial charge < -0.3 is 5.32 Å². The highest BCUT2D eigenvalue weighted by atomic mass is 79.9. The maximum atomic E-state index is 13.7. The Hall–Kier alpha value is -0.570. The van der Waals surface area contributed by atoms with E-state index in [4.69, 9.17) is 0 Å². The fourth-order valence-corrected chi connectivity index (χ4v) is 3.54. The van der Waals surface area contributed by atoms with E-state index >= 15 is 0 Å². The second kappa shape index (κ2) is 5.20. The van der Waals surface area contributed by atoms with Crippen LogP contribution in [0.2, 0.25) is 0 Å². The van der Waals surface area contributed by atoms with Crippen LogP contribution in [0.3, 0.4) is 0 Å². The molecule has 2 saturated carbocycles. The number of hydrogen-bond acceptors (Lipinski definition) is 1. The Morgan fingerprint density at radius 1 is 1.11 bits per heavy atom. The lowest BCUT2D eigenvalue weighted by Gasteiger charge is -2.30. The van der Waals surface area contributed by atoms with Gasteiger partial charge in [0.25, 0.3) is 0 Å². The molecule has 1 aromatic carbocycles. The van der Waals surface area contributed by atoms with Crippen LogP contribution >= 0.6 is 15.9 Å². The Kier molecular flexibility index (Phi) is 3.60. The van der Waals surface area contributed by atoms with Crippen LogP contribution in [0.25, 0.3) is 0 Å². The van der Waals surface area contributed by atoms with E-state index in [1.54, 1.807) is 6.07 Å². The van der Waals surface area contributed by atoms with Crippen molar-refractivity contribution in [1.29, 1.82) is 0 Å². The fraction of sp³-hybridized carbons (Fsp3) is 0.600. The highest BCUT2D eigenvalue weighted by Crippen LogP contribution is 2.44. The van der Waals surface area contributed by atoms with Crippen LogP contribution in [0.1, 0.15) is 38.5 Å². The zero-order valence-corrected chi connectivity index (χ0v) is 12.0. The molecular weight excluding hydrogens is 293 g/mol. The molecule has 0 heterocycles. The number of anilines is 1. The van der Waals surface area contributed by atoms with Gasteiger partial charge in [0.2, 0.25) is 0 Å². The maximum absolute atomic E-state index is 13.7. The molecule has 0 spiro atoms. The average Bonchev–Trinajstić information content (AvgIpc) is 3.18. The number of benzene rings is 1. The van der Waals surface area contributed by atoms with E-state index in [1.165, 1.54) is 44.6 Å². The van der Waals surface area contributed by atoms with Gasteiger partial charge in [-0.15, -0.1) is 0 Å². The molecule has 2 fully saturated rings. The minimum atomic E-state index is -0.147. The molecule has 0 bridgehead atoms. The summed E-state index contributed by atoms with van der Waals surface area (Å²) in [5, 5.41) is 3.40. The van der Waals surface area contributed by atoms with Gasteiger partial charge in [0, 0.05) is 10.5 Å². The summed E-state index contributed by atoms with van der Waals surface area (Å²) in [6.07, 6.45) is 7.90. The summed E-state index contributed by atoms with van der Waals surface area (Å²) in [6, 6.07) is 5.56. The molecule has 1 N–H and O–H groups in total. The largest absolute Gasteiger partial charge is 0.380 e. The predicted octanol–water partition coefficient (Wildman–Crippen LogP) is 4.97. The molecule has 0 amide bonds. The Bertz CT molecular complexity index is 431. The van der Waals surface area contributed by atoms with E-state index in [2.05, 4.69) is 21.2 Å².